The van der Waals surface area contributed by atoms with Crippen molar-refractivity contribution in [1.82, 2.24) is 4.90 Å². The second kappa shape index (κ2) is 4.98. The minimum atomic E-state index is 0.147. The molecule has 0 spiro atoms. The van der Waals surface area contributed by atoms with E-state index in [0.29, 0.717) is 6.04 Å². The molecular formula is C14H22N2. The van der Waals surface area contributed by atoms with Crippen LogP contribution in [-0.4, -0.2) is 24.0 Å². The van der Waals surface area contributed by atoms with Gasteiger partial charge in [0.1, 0.15) is 0 Å². The number of rotatable bonds is 3. The summed E-state index contributed by atoms with van der Waals surface area (Å²) in [5.41, 5.74) is 7.49. The first kappa shape index (κ1) is 11.6. The van der Waals surface area contributed by atoms with Crippen LogP contribution in [0.5, 0.6) is 0 Å². The highest BCUT2D eigenvalue weighted by atomic mass is 15.2. The van der Waals surface area contributed by atoms with Crippen LogP contribution in [-0.2, 0) is 0 Å². The maximum absolute atomic E-state index is 6.24. The molecule has 1 aliphatic rings. The smallest absolute Gasteiger partial charge is 0.0424 e. The summed E-state index contributed by atoms with van der Waals surface area (Å²) in [7, 11) is 0. The molecule has 2 nitrogen and oxygen atoms in total. The third kappa shape index (κ3) is 2.63. The lowest BCUT2D eigenvalue weighted by atomic mass is 10.1. The summed E-state index contributed by atoms with van der Waals surface area (Å²) in [6.07, 6.45) is 1.31. The van der Waals surface area contributed by atoms with Crippen LogP contribution in [0.15, 0.2) is 30.3 Å². The van der Waals surface area contributed by atoms with Crippen molar-refractivity contribution < 1.29 is 0 Å². The molecule has 2 N–H and O–H groups in total. The molecule has 0 saturated carbocycles. The molecule has 0 radical (unpaired) electrons. The number of benzene rings is 1. The average molecular weight is 218 g/mol. The van der Waals surface area contributed by atoms with Crippen molar-refractivity contribution in [3.8, 4) is 0 Å². The van der Waals surface area contributed by atoms with Gasteiger partial charge in [0, 0.05) is 25.2 Å². The second-order valence-electron chi connectivity index (χ2n) is 5.16. The zero-order valence-corrected chi connectivity index (χ0v) is 10.3. The standard InChI is InChI=1S/C14H22N2/c1-11-8-12(2)16(9-11)10-14(15)13-6-4-3-5-7-13/h3-7,11-12,14H,8-10,15H2,1-2H3/t11?,12?,14-/m1/s1. The van der Waals surface area contributed by atoms with Crippen LogP contribution in [0.1, 0.15) is 31.9 Å². The highest BCUT2D eigenvalue weighted by Gasteiger charge is 2.27. The van der Waals surface area contributed by atoms with Gasteiger partial charge in [0.15, 0.2) is 0 Å². The van der Waals surface area contributed by atoms with Crippen LogP contribution >= 0.6 is 0 Å². The third-order valence-electron chi connectivity index (χ3n) is 3.57. The van der Waals surface area contributed by atoms with Gasteiger partial charge < -0.3 is 5.73 Å². The fraction of sp³-hybridized carbons (Fsp3) is 0.571. The Morgan fingerprint density at radius 3 is 2.56 bits per heavy atom. The molecule has 3 atom stereocenters. The van der Waals surface area contributed by atoms with Crippen molar-refractivity contribution in [3.63, 3.8) is 0 Å². The van der Waals surface area contributed by atoms with E-state index < -0.39 is 0 Å². The van der Waals surface area contributed by atoms with Gasteiger partial charge in [0.2, 0.25) is 0 Å². The molecular weight excluding hydrogens is 196 g/mol. The molecule has 1 aromatic carbocycles. The molecule has 1 heterocycles. The minimum absolute atomic E-state index is 0.147. The Morgan fingerprint density at radius 1 is 1.31 bits per heavy atom. The molecule has 1 saturated heterocycles. The quantitative estimate of drug-likeness (QED) is 0.844. The van der Waals surface area contributed by atoms with Gasteiger partial charge in [-0.1, -0.05) is 37.3 Å². The molecule has 1 aromatic rings. The molecule has 1 aliphatic heterocycles. The lowest BCUT2D eigenvalue weighted by Gasteiger charge is -2.25. The van der Waals surface area contributed by atoms with E-state index in [1.54, 1.807) is 0 Å². The Labute approximate surface area is 98.4 Å². The molecule has 2 unspecified atom stereocenters. The van der Waals surface area contributed by atoms with Crippen molar-refractivity contribution in [2.45, 2.75) is 32.4 Å². The van der Waals surface area contributed by atoms with E-state index in [0.717, 1.165) is 12.5 Å². The van der Waals surface area contributed by atoms with E-state index in [2.05, 4.69) is 43.0 Å². The first-order chi connectivity index (χ1) is 7.66. The highest BCUT2D eigenvalue weighted by molar-refractivity contribution is 5.18. The van der Waals surface area contributed by atoms with Crippen LogP contribution in [0.25, 0.3) is 0 Å². The summed E-state index contributed by atoms with van der Waals surface area (Å²) in [5.74, 6) is 0.818. The largest absolute Gasteiger partial charge is 0.323 e. The van der Waals surface area contributed by atoms with Gasteiger partial charge in [-0.15, -0.1) is 0 Å². The van der Waals surface area contributed by atoms with E-state index in [9.17, 15) is 0 Å². The first-order valence-corrected chi connectivity index (χ1v) is 6.21. The molecule has 88 valence electrons. The van der Waals surface area contributed by atoms with Crippen molar-refractivity contribution in [2.75, 3.05) is 13.1 Å². The minimum Gasteiger partial charge on any atom is -0.323 e. The SMILES string of the molecule is CC1CC(C)N(C[C@@H](N)c2ccccc2)C1. The van der Waals surface area contributed by atoms with Gasteiger partial charge in [0.25, 0.3) is 0 Å². The molecule has 2 rings (SSSR count). The normalized spacial score (nSPS) is 28.2. The maximum Gasteiger partial charge on any atom is 0.0424 e. The van der Waals surface area contributed by atoms with Crippen LogP contribution in [0, 0.1) is 5.92 Å². The Bertz CT molecular complexity index is 323. The maximum atomic E-state index is 6.24. The van der Waals surface area contributed by atoms with Gasteiger partial charge in [-0.05, 0) is 24.8 Å². The third-order valence-corrected chi connectivity index (χ3v) is 3.57. The Kier molecular flexibility index (Phi) is 3.62. The van der Waals surface area contributed by atoms with Gasteiger partial charge in [-0.3, -0.25) is 4.90 Å². The fourth-order valence-corrected chi connectivity index (χ4v) is 2.70. The van der Waals surface area contributed by atoms with Gasteiger partial charge in [0.05, 0.1) is 0 Å². The summed E-state index contributed by atoms with van der Waals surface area (Å²) in [6.45, 7) is 6.81. The van der Waals surface area contributed by atoms with E-state index in [-0.39, 0.29) is 6.04 Å². The van der Waals surface area contributed by atoms with Crippen molar-refractivity contribution in [1.29, 1.82) is 0 Å². The summed E-state index contributed by atoms with van der Waals surface area (Å²) in [5, 5.41) is 0. The molecule has 2 heteroatoms. The molecule has 0 aromatic heterocycles. The molecule has 0 aliphatic carbocycles. The predicted octanol–water partition coefficient (Wildman–Crippen LogP) is 2.42. The molecule has 1 fully saturated rings. The van der Waals surface area contributed by atoms with Gasteiger partial charge in [-0.2, -0.15) is 0 Å². The van der Waals surface area contributed by atoms with Crippen LogP contribution in [0.2, 0.25) is 0 Å². The topological polar surface area (TPSA) is 29.3 Å². The Hall–Kier alpha value is -0.860. The van der Waals surface area contributed by atoms with Gasteiger partial charge in [-0.25, -0.2) is 0 Å². The lowest BCUT2D eigenvalue weighted by Crippen LogP contribution is -2.34. The number of hydrogen-bond donors (Lipinski definition) is 1. The van der Waals surface area contributed by atoms with E-state index in [1.165, 1.54) is 18.5 Å². The lowest BCUT2D eigenvalue weighted by molar-refractivity contribution is 0.249. The fourth-order valence-electron chi connectivity index (χ4n) is 2.70. The summed E-state index contributed by atoms with van der Waals surface area (Å²) in [6, 6.07) is 11.2. The first-order valence-electron chi connectivity index (χ1n) is 6.21. The summed E-state index contributed by atoms with van der Waals surface area (Å²) >= 11 is 0. The van der Waals surface area contributed by atoms with Crippen LogP contribution in [0.3, 0.4) is 0 Å². The number of nitrogens with two attached hydrogens (primary N) is 1. The zero-order chi connectivity index (χ0) is 11.5. The van der Waals surface area contributed by atoms with Crippen molar-refractivity contribution in [2.24, 2.45) is 11.7 Å². The second-order valence-corrected chi connectivity index (χ2v) is 5.16. The molecule has 16 heavy (non-hydrogen) atoms. The zero-order valence-electron chi connectivity index (χ0n) is 10.3. The molecule has 0 bridgehead atoms. The summed E-state index contributed by atoms with van der Waals surface area (Å²) in [4.78, 5) is 2.52. The van der Waals surface area contributed by atoms with Gasteiger partial charge >= 0.3 is 0 Å². The monoisotopic (exact) mass is 218 g/mol. The molecule has 0 amide bonds. The number of nitrogens with zero attached hydrogens (tertiary/aromatic N) is 1. The number of hydrogen-bond acceptors (Lipinski definition) is 2. The predicted molar refractivity (Wildman–Crippen MR) is 68.2 cm³/mol. The highest BCUT2D eigenvalue weighted by Crippen LogP contribution is 2.24. The van der Waals surface area contributed by atoms with E-state index in [4.69, 9.17) is 5.73 Å². The van der Waals surface area contributed by atoms with Crippen LogP contribution in [0.4, 0.5) is 0 Å². The van der Waals surface area contributed by atoms with E-state index in [1.807, 2.05) is 6.07 Å². The Balaban J connectivity index is 1.95. The van der Waals surface area contributed by atoms with Crippen molar-refractivity contribution >= 4 is 0 Å². The number of likely N-dealkylation sites (tertiary alicyclic amines) is 1. The average Bonchev–Trinajstić information content (AvgIpc) is 2.59. The van der Waals surface area contributed by atoms with Crippen molar-refractivity contribution in [3.05, 3.63) is 35.9 Å². The van der Waals surface area contributed by atoms with E-state index >= 15 is 0 Å². The summed E-state index contributed by atoms with van der Waals surface area (Å²) < 4.78 is 0. The Morgan fingerprint density at radius 2 is 2.00 bits per heavy atom. The van der Waals surface area contributed by atoms with Crippen LogP contribution < -0.4 is 5.73 Å².